The molecule has 1 heterocycles. The van der Waals surface area contributed by atoms with Crippen molar-refractivity contribution >= 4 is 24.0 Å². The Morgan fingerprint density at radius 2 is 2.00 bits per heavy atom. The predicted molar refractivity (Wildman–Crippen MR) is 94.8 cm³/mol. The lowest BCUT2D eigenvalue weighted by Gasteiger charge is -2.23. The maximum Gasteiger partial charge on any atom is 0.258 e. The SMILES string of the molecule is COc1cc(C(=O)N2CCNCc3ccccc32)ccc1C.Cl. The van der Waals surface area contributed by atoms with Crippen LogP contribution in [0, 0.1) is 6.92 Å². The second-order valence-corrected chi connectivity index (χ2v) is 5.45. The van der Waals surface area contributed by atoms with E-state index in [0.29, 0.717) is 12.1 Å². The van der Waals surface area contributed by atoms with Crippen molar-refractivity contribution in [2.24, 2.45) is 0 Å². The highest BCUT2D eigenvalue weighted by molar-refractivity contribution is 6.06. The molecule has 0 bridgehead atoms. The lowest BCUT2D eigenvalue weighted by molar-refractivity contribution is 0.0987. The van der Waals surface area contributed by atoms with Gasteiger partial charge in [0.05, 0.1) is 7.11 Å². The first-order valence-corrected chi connectivity index (χ1v) is 7.46. The Balaban J connectivity index is 0.00000192. The minimum atomic E-state index is 0. The maximum absolute atomic E-state index is 12.9. The number of para-hydroxylation sites is 1. The highest BCUT2D eigenvalue weighted by atomic mass is 35.5. The van der Waals surface area contributed by atoms with Crippen LogP contribution in [0.1, 0.15) is 21.5 Å². The first-order valence-electron chi connectivity index (χ1n) is 7.46. The van der Waals surface area contributed by atoms with Gasteiger partial charge >= 0.3 is 0 Å². The van der Waals surface area contributed by atoms with Crippen molar-refractivity contribution in [1.29, 1.82) is 0 Å². The lowest BCUT2D eigenvalue weighted by atomic mass is 10.1. The Bertz CT molecular complexity index is 703. The standard InChI is InChI=1S/C18H20N2O2.ClH/c1-13-7-8-14(11-17(13)22-2)18(21)20-10-9-19-12-15-5-3-4-6-16(15)20;/h3-8,11,19H,9-10,12H2,1-2H3;1H. The number of carbonyl (C=O) groups is 1. The zero-order valence-corrected chi connectivity index (χ0v) is 14.2. The number of nitrogens with one attached hydrogen (secondary N) is 1. The van der Waals surface area contributed by atoms with Gasteiger partial charge in [-0.05, 0) is 36.2 Å². The molecular weight excluding hydrogens is 312 g/mol. The summed E-state index contributed by atoms with van der Waals surface area (Å²) in [4.78, 5) is 14.8. The van der Waals surface area contributed by atoms with Gasteiger partial charge in [0.25, 0.3) is 5.91 Å². The quantitative estimate of drug-likeness (QED) is 0.918. The first-order chi connectivity index (χ1) is 10.7. The third kappa shape index (κ3) is 3.49. The molecule has 0 unspecified atom stereocenters. The van der Waals surface area contributed by atoms with Gasteiger partial charge in [-0.25, -0.2) is 0 Å². The number of hydrogen-bond acceptors (Lipinski definition) is 3. The van der Waals surface area contributed by atoms with Gasteiger partial charge < -0.3 is 15.0 Å². The number of amides is 1. The summed E-state index contributed by atoms with van der Waals surface area (Å²) < 4.78 is 5.33. The van der Waals surface area contributed by atoms with Crippen molar-refractivity contribution in [3.8, 4) is 5.75 Å². The molecular formula is C18H21ClN2O2. The number of ether oxygens (including phenoxy) is 1. The molecule has 4 nitrogen and oxygen atoms in total. The molecule has 0 atom stereocenters. The molecule has 2 aromatic rings. The van der Waals surface area contributed by atoms with E-state index in [4.69, 9.17) is 4.74 Å². The van der Waals surface area contributed by atoms with E-state index in [-0.39, 0.29) is 18.3 Å². The molecule has 122 valence electrons. The second-order valence-electron chi connectivity index (χ2n) is 5.45. The van der Waals surface area contributed by atoms with Crippen molar-refractivity contribution in [3.63, 3.8) is 0 Å². The number of methoxy groups -OCH3 is 1. The van der Waals surface area contributed by atoms with E-state index in [2.05, 4.69) is 11.4 Å². The fraction of sp³-hybridized carbons (Fsp3) is 0.278. The Morgan fingerprint density at radius 1 is 1.22 bits per heavy atom. The van der Waals surface area contributed by atoms with E-state index in [9.17, 15) is 4.79 Å². The number of anilines is 1. The van der Waals surface area contributed by atoms with Gasteiger partial charge in [0.2, 0.25) is 0 Å². The molecule has 0 saturated heterocycles. The van der Waals surface area contributed by atoms with Crippen molar-refractivity contribution < 1.29 is 9.53 Å². The van der Waals surface area contributed by atoms with Gasteiger partial charge in [-0.3, -0.25) is 4.79 Å². The minimum Gasteiger partial charge on any atom is -0.496 e. The molecule has 3 rings (SSSR count). The van der Waals surface area contributed by atoms with E-state index in [1.807, 2.05) is 48.2 Å². The first kappa shape index (κ1) is 17.3. The van der Waals surface area contributed by atoms with Gasteiger partial charge in [0.1, 0.15) is 5.75 Å². The van der Waals surface area contributed by atoms with Crippen molar-refractivity contribution in [2.45, 2.75) is 13.5 Å². The summed E-state index contributed by atoms with van der Waals surface area (Å²) in [5, 5.41) is 3.35. The lowest BCUT2D eigenvalue weighted by Crippen LogP contribution is -2.34. The van der Waals surface area contributed by atoms with E-state index in [0.717, 1.165) is 35.7 Å². The summed E-state index contributed by atoms with van der Waals surface area (Å²) in [6.07, 6.45) is 0. The smallest absolute Gasteiger partial charge is 0.258 e. The van der Waals surface area contributed by atoms with Crippen LogP contribution in [-0.4, -0.2) is 26.1 Å². The summed E-state index contributed by atoms with van der Waals surface area (Å²) >= 11 is 0. The van der Waals surface area contributed by atoms with E-state index in [1.54, 1.807) is 7.11 Å². The Morgan fingerprint density at radius 3 is 2.78 bits per heavy atom. The summed E-state index contributed by atoms with van der Waals surface area (Å²) in [6.45, 7) is 4.20. The number of nitrogens with zero attached hydrogens (tertiary/aromatic N) is 1. The van der Waals surface area contributed by atoms with Crippen LogP contribution in [0.4, 0.5) is 5.69 Å². The zero-order valence-electron chi connectivity index (χ0n) is 13.3. The number of fused-ring (bicyclic) bond motifs is 1. The third-order valence-corrected chi connectivity index (χ3v) is 4.01. The zero-order chi connectivity index (χ0) is 15.5. The van der Waals surface area contributed by atoms with Crippen LogP contribution in [0.25, 0.3) is 0 Å². The number of carbonyl (C=O) groups excluding carboxylic acids is 1. The van der Waals surface area contributed by atoms with E-state index in [1.165, 1.54) is 0 Å². The van der Waals surface area contributed by atoms with Crippen molar-refractivity contribution in [2.75, 3.05) is 25.1 Å². The van der Waals surface area contributed by atoms with Crippen LogP contribution in [0.5, 0.6) is 5.75 Å². The Kier molecular flexibility index (Phi) is 5.64. The molecule has 2 aromatic carbocycles. The van der Waals surface area contributed by atoms with Crippen LogP contribution >= 0.6 is 12.4 Å². The van der Waals surface area contributed by atoms with Gasteiger partial charge in [0, 0.05) is 30.9 Å². The van der Waals surface area contributed by atoms with Gasteiger partial charge in [0.15, 0.2) is 0 Å². The van der Waals surface area contributed by atoms with Crippen molar-refractivity contribution in [3.05, 3.63) is 59.2 Å². The molecule has 0 aromatic heterocycles. The number of hydrogen-bond donors (Lipinski definition) is 1. The van der Waals surface area contributed by atoms with Crippen LogP contribution in [-0.2, 0) is 6.54 Å². The highest BCUT2D eigenvalue weighted by Gasteiger charge is 2.22. The number of benzene rings is 2. The third-order valence-electron chi connectivity index (χ3n) is 4.01. The van der Waals surface area contributed by atoms with Gasteiger partial charge in [-0.15, -0.1) is 12.4 Å². The van der Waals surface area contributed by atoms with Crippen LogP contribution < -0.4 is 15.0 Å². The summed E-state index contributed by atoms with van der Waals surface area (Å²) in [5.74, 6) is 0.751. The molecule has 0 saturated carbocycles. The number of aryl methyl sites for hydroxylation is 1. The average molecular weight is 333 g/mol. The summed E-state index contributed by atoms with van der Waals surface area (Å²) in [5.41, 5.74) is 3.81. The van der Waals surface area contributed by atoms with Crippen LogP contribution in [0.3, 0.4) is 0 Å². The Labute approximate surface area is 142 Å². The number of rotatable bonds is 2. The average Bonchev–Trinajstić information content (AvgIpc) is 2.77. The molecule has 0 fully saturated rings. The van der Waals surface area contributed by atoms with E-state index >= 15 is 0 Å². The van der Waals surface area contributed by atoms with Crippen LogP contribution in [0.2, 0.25) is 0 Å². The van der Waals surface area contributed by atoms with Crippen molar-refractivity contribution in [1.82, 2.24) is 5.32 Å². The molecule has 1 amide bonds. The highest BCUT2D eigenvalue weighted by Crippen LogP contribution is 2.26. The molecule has 0 spiro atoms. The largest absolute Gasteiger partial charge is 0.496 e. The minimum absolute atomic E-state index is 0. The van der Waals surface area contributed by atoms with Crippen LogP contribution in [0.15, 0.2) is 42.5 Å². The van der Waals surface area contributed by atoms with Gasteiger partial charge in [-0.2, -0.15) is 0 Å². The summed E-state index contributed by atoms with van der Waals surface area (Å²) in [6, 6.07) is 13.6. The number of halogens is 1. The molecule has 1 aliphatic heterocycles. The van der Waals surface area contributed by atoms with E-state index < -0.39 is 0 Å². The molecule has 1 aliphatic rings. The monoisotopic (exact) mass is 332 g/mol. The maximum atomic E-state index is 12.9. The molecule has 0 aliphatic carbocycles. The second kappa shape index (κ2) is 7.49. The predicted octanol–water partition coefficient (Wildman–Crippen LogP) is 3.18. The molecule has 23 heavy (non-hydrogen) atoms. The Hall–Kier alpha value is -2.04. The van der Waals surface area contributed by atoms with Gasteiger partial charge in [-0.1, -0.05) is 24.3 Å². The normalized spacial score (nSPS) is 13.6. The topological polar surface area (TPSA) is 41.6 Å². The molecule has 1 N–H and O–H groups in total. The fourth-order valence-corrected chi connectivity index (χ4v) is 2.78. The molecule has 5 heteroatoms. The fourth-order valence-electron chi connectivity index (χ4n) is 2.78. The summed E-state index contributed by atoms with van der Waals surface area (Å²) in [7, 11) is 1.63. The molecule has 0 radical (unpaired) electrons.